The van der Waals surface area contributed by atoms with Gasteiger partial charge in [-0.3, -0.25) is 0 Å². The molecule has 1 unspecified atom stereocenters. The second kappa shape index (κ2) is 10.5. The standard InChI is InChI=1S/C15H33NO3Si/c1-7-17-14(11-20)15(18-8-2,19-9-3)16-13(6)10-12(4)5/h12,14H,7-11H2,1-6,20H3. The first kappa shape index (κ1) is 19.8. The summed E-state index contributed by atoms with van der Waals surface area (Å²) < 4.78 is 17.7. The van der Waals surface area contributed by atoms with Crippen LogP contribution in [0.3, 0.4) is 0 Å². The van der Waals surface area contributed by atoms with Crippen molar-refractivity contribution in [3.05, 3.63) is 0 Å². The van der Waals surface area contributed by atoms with E-state index in [1.54, 1.807) is 0 Å². The van der Waals surface area contributed by atoms with Gasteiger partial charge in [0.1, 0.15) is 6.10 Å². The van der Waals surface area contributed by atoms with Gasteiger partial charge < -0.3 is 14.2 Å². The fraction of sp³-hybridized carbons (Fsp3) is 0.933. The Labute approximate surface area is 127 Å². The van der Waals surface area contributed by atoms with Crippen LogP contribution in [0.1, 0.15) is 48.0 Å². The molecule has 0 heterocycles. The third-order valence-corrected chi connectivity index (χ3v) is 3.64. The van der Waals surface area contributed by atoms with E-state index in [9.17, 15) is 0 Å². The molecule has 1 atom stereocenters. The first-order chi connectivity index (χ1) is 9.45. The SMILES string of the molecule is CCOC(C[SiH3])C(N=C(C)CC(C)C)(OCC)OCC. The lowest BCUT2D eigenvalue weighted by Gasteiger charge is -2.36. The minimum Gasteiger partial charge on any atom is -0.371 e. The van der Waals surface area contributed by atoms with E-state index in [1.165, 1.54) is 0 Å². The minimum atomic E-state index is -0.972. The zero-order chi connectivity index (χ0) is 15.6. The molecule has 0 N–H and O–H groups in total. The van der Waals surface area contributed by atoms with Gasteiger partial charge in [0.2, 0.25) is 0 Å². The molecule has 0 saturated heterocycles. The molecule has 0 aromatic carbocycles. The second-order valence-corrected chi connectivity index (χ2v) is 6.11. The summed E-state index contributed by atoms with van der Waals surface area (Å²) in [5, 5.41) is 0. The molecule has 0 amide bonds. The molecule has 20 heavy (non-hydrogen) atoms. The predicted molar refractivity (Wildman–Crippen MR) is 88.7 cm³/mol. The molecule has 5 heteroatoms. The van der Waals surface area contributed by atoms with Crippen LogP contribution in [0.4, 0.5) is 0 Å². The summed E-state index contributed by atoms with van der Waals surface area (Å²) in [7, 11) is 1.03. The van der Waals surface area contributed by atoms with Crippen LogP contribution >= 0.6 is 0 Å². The van der Waals surface area contributed by atoms with Crippen LogP contribution in [0.2, 0.25) is 6.04 Å². The lowest BCUT2D eigenvalue weighted by molar-refractivity contribution is -0.279. The Morgan fingerprint density at radius 1 is 1.10 bits per heavy atom. The van der Waals surface area contributed by atoms with Gasteiger partial charge in [0.25, 0.3) is 5.91 Å². The zero-order valence-electron chi connectivity index (χ0n) is 14.4. The number of rotatable bonds is 11. The Morgan fingerprint density at radius 3 is 2.00 bits per heavy atom. The summed E-state index contributed by atoms with van der Waals surface area (Å²) in [5.41, 5.74) is 1.06. The summed E-state index contributed by atoms with van der Waals surface area (Å²) in [4.78, 5) is 4.79. The molecular formula is C15H33NO3Si. The summed E-state index contributed by atoms with van der Waals surface area (Å²) >= 11 is 0. The van der Waals surface area contributed by atoms with Gasteiger partial charge in [-0.25, -0.2) is 4.99 Å². The Bertz CT molecular complexity index is 276. The van der Waals surface area contributed by atoms with Crippen LogP contribution in [0.25, 0.3) is 0 Å². The largest absolute Gasteiger partial charge is 0.371 e. The summed E-state index contributed by atoms with van der Waals surface area (Å²) in [6.45, 7) is 14.1. The van der Waals surface area contributed by atoms with Gasteiger partial charge in [0.05, 0.1) is 0 Å². The lowest BCUT2D eigenvalue weighted by atomic mass is 10.1. The predicted octanol–water partition coefficient (Wildman–Crippen LogP) is 2.41. The maximum Gasteiger partial charge on any atom is 0.296 e. The van der Waals surface area contributed by atoms with Crippen molar-refractivity contribution in [1.29, 1.82) is 0 Å². The van der Waals surface area contributed by atoms with Crippen LogP contribution in [0.15, 0.2) is 4.99 Å². The molecule has 0 radical (unpaired) electrons. The van der Waals surface area contributed by atoms with Gasteiger partial charge in [-0.1, -0.05) is 13.8 Å². The van der Waals surface area contributed by atoms with E-state index < -0.39 is 5.91 Å². The minimum absolute atomic E-state index is 0.124. The maximum atomic E-state index is 5.92. The average molecular weight is 304 g/mol. The van der Waals surface area contributed by atoms with Crippen molar-refractivity contribution in [2.45, 2.75) is 66.0 Å². The van der Waals surface area contributed by atoms with E-state index >= 15 is 0 Å². The van der Waals surface area contributed by atoms with E-state index in [0.717, 1.165) is 28.4 Å². The normalized spacial score (nSPS) is 15.1. The number of hydrogen-bond acceptors (Lipinski definition) is 4. The molecule has 0 aliphatic rings. The molecule has 0 saturated carbocycles. The third kappa shape index (κ3) is 6.48. The molecule has 0 bridgehead atoms. The van der Waals surface area contributed by atoms with Crippen molar-refractivity contribution >= 4 is 16.0 Å². The van der Waals surface area contributed by atoms with Crippen LogP contribution in [-0.2, 0) is 14.2 Å². The monoisotopic (exact) mass is 303 g/mol. The smallest absolute Gasteiger partial charge is 0.296 e. The maximum absolute atomic E-state index is 5.92. The van der Waals surface area contributed by atoms with Crippen LogP contribution in [-0.4, -0.2) is 47.8 Å². The van der Waals surface area contributed by atoms with Gasteiger partial charge in [-0.05, 0) is 46.1 Å². The molecule has 0 rings (SSSR count). The van der Waals surface area contributed by atoms with Gasteiger partial charge in [0, 0.05) is 35.8 Å². The molecule has 0 fully saturated rings. The van der Waals surface area contributed by atoms with Gasteiger partial charge >= 0.3 is 0 Å². The molecule has 0 aromatic rings. The number of ether oxygens (including phenoxy) is 3. The second-order valence-electron chi connectivity index (χ2n) is 5.29. The van der Waals surface area contributed by atoms with E-state index in [4.69, 9.17) is 19.2 Å². The van der Waals surface area contributed by atoms with E-state index in [1.807, 2.05) is 27.7 Å². The average Bonchev–Trinajstić information content (AvgIpc) is 2.35. The first-order valence-electron chi connectivity index (χ1n) is 7.90. The Morgan fingerprint density at radius 2 is 1.65 bits per heavy atom. The Balaban J connectivity index is 5.37. The zero-order valence-corrected chi connectivity index (χ0v) is 16.4. The quantitative estimate of drug-likeness (QED) is 0.334. The highest BCUT2D eigenvalue weighted by Crippen LogP contribution is 2.26. The molecular weight excluding hydrogens is 270 g/mol. The molecule has 0 aromatic heterocycles. The highest BCUT2D eigenvalue weighted by molar-refractivity contribution is 6.09. The van der Waals surface area contributed by atoms with Crippen LogP contribution < -0.4 is 0 Å². The molecule has 120 valence electrons. The first-order valence-corrected chi connectivity index (χ1v) is 9.31. The number of aliphatic imine (C=N–C) groups is 1. The van der Waals surface area contributed by atoms with Gasteiger partial charge in [-0.15, -0.1) is 0 Å². The fourth-order valence-corrected chi connectivity index (χ4v) is 3.11. The molecule has 4 nitrogen and oxygen atoms in total. The highest BCUT2D eigenvalue weighted by Gasteiger charge is 2.40. The van der Waals surface area contributed by atoms with Crippen LogP contribution in [0.5, 0.6) is 0 Å². The van der Waals surface area contributed by atoms with Gasteiger partial charge in [-0.2, -0.15) is 0 Å². The van der Waals surface area contributed by atoms with Crippen molar-refractivity contribution in [3.8, 4) is 0 Å². The number of hydrogen-bond donors (Lipinski definition) is 0. The third-order valence-electron chi connectivity index (χ3n) is 2.90. The Hall–Kier alpha value is -0.233. The summed E-state index contributed by atoms with van der Waals surface area (Å²) in [5.74, 6) is -0.401. The fourth-order valence-electron chi connectivity index (χ4n) is 2.36. The molecule has 0 spiro atoms. The van der Waals surface area contributed by atoms with Crippen molar-refractivity contribution in [1.82, 2.24) is 0 Å². The van der Waals surface area contributed by atoms with Gasteiger partial charge in [0.15, 0.2) is 0 Å². The number of nitrogens with zero attached hydrogens (tertiary/aromatic N) is 1. The molecule has 0 aliphatic heterocycles. The lowest BCUT2D eigenvalue weighted by Crippen LogP contribution is -2.48. The van der Waals surface area contributed by atoms with E-state index in [-0.39, 0.29) is 6.10 Å². The van der Waals surface area contributed by atoms with Crippen LogP contribution in [0, 0.1) is 5.92 Å². The molecule has 0 aliphatic carbocycles. The Kier molecular flexibility index (Phi) is 10.4. The van der Waals surface area contributed by atoms with Crippen molar-refractivity contribution in [2.75, 3.05) is 19.8 Å². The van der Waals surface area contributed by atoms with Crippen molar-refractivity contribution in [3.63, 3.8) is 0 Å². The highest BCUT2D eigenvalue weighted by atomic mass is 28.1. The summed E-state index contributed by atoms with van der Waals surface area (Å²) in [6.07, 6.45) is 0.822. The van der Waals surface area contributed by atoms with Crippen molar-refractivity contribution < 1.29 is 14.2 Å². The van der Waals surface area contributed by atoms with Crippen molar-refractivity contribution in [2.24, 2.45) is 10.9 Å². The van der Waals surface area contributed by atoms with E-state index in [0.29, 0.717) is 25.7 Å². The summed E-state index contributed by atoms with van der Waals surface area (Å²) in [6, 6.07) is 0.937. The van der Waals surface area contributed by atoms with E-state index in [2.05, 4.69) is 13.8 Å². The topological polar surface area (TPSA) is 40.0 Å².